The van der Waals surface area contributed by atoms with Crippen molar-refractivity contribution in [2.24, 2.45) is 0 Å². The fourth-order valence-corrected chi connectivity index (χ4v) is 5.52. The molecule has 3 heterocycles. The molecule has 0 amide bonds. The van der Waals surface area contributed by atoms with Crippen molar-refractivity contribution in [1.82, 2.24) is 14.5 Å². The van der Waals surface area contributed by atoms with E-state index in [0.29, 0.717) is 12.4 Å². The van der Waals surface area contributed by atoms with E-state index in [1.165, 1.54) is 16.9 Å². The van der Waals surface area contributed by atoms with Crippen LogP contribution in [0, 0.1) is 11.3 Å². The first-order valence-corrected chi connectivity index (χ1v) is 10.2. The number of aryl methyl sites for hydroxylation is 2. The van der Waals surface area contributed by atoms with Crippen LogP contribution in [0.1, 0.15) is 43.0 Å². The first kappa shape index (κ1) is 17.7. The van der Waals surface area contributed by atoms with Gasteiger partial charge in [0.15, 0.2) is 0 Å². The van der Waals surface area contributed by atoms with E-state index in [4.69, 9.17) is 9.72 Å². The topological polar surface area (TPSA) is 71.2 Å². The van der Waals surface area contributed by atoms with Gasteiger partial charge in [-0.05, 0) is 45.1 Å². The Kier molecular flexibility index (Phi) is 4.82. The molecule has 0 saturated carbocycles. The summed E-state index contributed by atoms with van der Waals surface area (Å²) in [6, 6.07) is 2.14. The summed E-state index contributed by atoms with van der Waals surface area (Å²) in [6.45, 7) is 6.38. The van der Waals surface area contributed by atoms with E-state index in [1.807, 2.05) is 0 Å². The van der Waals surface area contributed by atoms with Crippen molar-refractivity contribution in [2.75, 3.05) is 13.1 Å². The second-order valence-electron chi connectivity index (χ2n) is 7.42. The molecule has 26 heavy (non-hydrogen) atoms. The van der Waals surface area contributed by atoms with Gasteiger partial charge >= 0.3 is 0 Å². The van der Waals surface area contributed by atoms with E-state index >= 15 is 0 Å². The second-order valence-corrected chi connectivity index (χ2v) is 8.50. The minimum atomic E-state index is -0.0414. The number of fused-ring (bicyclic) bond motifs is 3. The van der Waals surface area contributed by atoms with Gasteiger partial charge in [0.2, 0.25) is 0 Å². The zero-order valence-corrected chi connectivity index (χ0v) is 16.1. The molecule has 2 aromatic heterocycles. The molecule has 0 unspecified atom stereocenters. The van der Waals surface area contributed by atoms with Crippen molar-refractivity contribution in [3.8, 4) is 6.07 Å². The minimum absolute atomic E-state index is 0.0414. The maximum Gasteiger partial charge on any atom is 0.263 e. The van der Waals surface area contributed by atoms with E-state index in [9.17, 15) is 10.1 Å². The average molecular weight is 372 g/mol. The third kappa shape index (κ3) is 3.18. The number of nitriles is 1. The van der Waals surface area contributed by atoms with Crippen LogP contribution < -0.4 is 5.56 Å². The molecule has 7 heteroatoms. The fraction of sp³-hybridized carbons (Fsp3) is 0.632. The van der Waals surface area contributed by atoms with Gasteiger partial charge in [-0.15, -0.1) is 11.3 Å². The number of aromatic nitrogens is 2. The molecule has 2 aromatic rings. The van der Waals surface area contributed by atoms with E-state index < -0.39 is 0 Å². The van der Waals surface area contributed by atoms with Crippen LogP contribution in [-0.2, 0) is 30.7 Å². The van der Waals surface area contributed by atoms with Crippen LogP contribution in [-0.4, -0.2) is 39.7 Å². The first-order chi connectivity index (χ1) is 12.6. The summed E-state index contributed by atoms with van der Waals surface area (Å²) in [5.41, 5.74) is 1.14. The Hall–Kier alpha value is -1.75. The summed E-state index contributed by atoms with van der Waals surface area (Å²) in [5.74, 6) is 0.698. The zero-order chi connectivity index (χ0) is 18.3. The van der Waals surface area contributed by atoms with Crippen molar-refractivity contribution < 1.29 is 4.74 Å². The highest BCUT2D eigenvalue weighted by Crippen LogP contribution is 2.33. The number of hydrogen-bond donors (Lipinski definition) is 0. The van der Waals surface area contributed by atoms with Crippen LogP contribution >= 0.6 is 11.3 Å². The molecule has 1 saturated heterocycles. The molecule has 138 valence electrons. The number of rotatable bonds is 3. The first-order valence-electron chi connectivity index (χ1n) is 9.35. The smallest absolute Gasteiger partial charge is 0.263 e. The molecule has 0 bridgehead atoms. The van der Waals surface area contributed by atoms with E-state index in [0.717, 1.165) is 42.6 Å². The lowest BCUT2D eigenvalue weighted by atomic mass is 9.97. The van der Waals surface area contributed by atoms with Gasteiger partial charge in [0.05, 0.1) is 30.2 Å². The van der Waals surface area contributed by atoms with Crippen LogP contribution in [0.25, 0.3) is 10.2 Å². The fourth-order valence-electron chi connectivity index (χ4n) is 4.25. The highest BCUT2D eigenvalue weighted by Gasteiger charge is 2.26. The SMILES string of the molecule is C[C@@H]1CN(Cc2nc3sc4c(c3c(=O)n2CC#N)CCCC4)C[C@H](C)O1. The van der Waals surface area contributed by atoms with E-state index in [2.05, 4.69) is 24.8 Å². The molecule has 0 aromatic carbocycles. The lowest BCUT2D eigenvalue weighted by Gasteiger charge is -2.35. The van der Waals surface area contributed by atoms with Gasteiger partial charge in [-0.3, -0.25) is 14.3 Å². The number of thiophene rings is 1. The monoisotopic (exact) mass is 372 g/mol. The molecule has 1 fully saturated rings. The van der Waals surface area contributed by atoms with Gasteiger partial charge in [-0.1, -0.05) is 0 Å². The summed E-state index contributed by atoms with van der Waals surface area (Å²) < 4.78 is 7.38. The van der Waals surface area contributed by atoms with Crippen molar-refractivity contribution in [2.45, 2.75) is 64.8 Å². The molecule has 0 radical (unpaired) electrons. The van der Waals surface area contributed by atoms with Crippen molar-refractivity contribution >= 4 is 21.6 Å². The van der Waals surface area contributed by atoms with E-state index in [1.54, 1.807) is 15.9 Å². The predicted molar refractivity (Wildman–Crippen MR) is 101 cm³/mol. The zero-order valence-electron chi connectivity index (χ0n) is 15.3. The quantitative estimate of drug-likeness (QED) is 0.828. The van der Waals surface area contributed by atoms with Gasteiger partial charge in [0.1, 0.15) is 17.2 Å². The molecule has 1 aliphatic carbocycles. The highest BCUT2D eigenvalue weighted by molar-refractivity contribution is 7.18. The molecule has 0 N–H and O–H groups in total. The predicted octanol–water partition coefficient (Wildman–Crippen LogP) is 2.47. The summed E-state index contributed by atoms with van der Waals surface area (Å²) >= 11 is 1.67. The molecule has 4 rings (SSSR count). The number of morpholine rings is 1. The largest absolute Gasteiger partial charge is 0.373 e. The van der Waals surface area contributed by atoms with Crippen molar-refractivity contribution in [3.05, 3.63) is 26.6 Å². The van der Waals surface area contributed by atoms with Crippen molar-refractivity contribution in [1.29, 1.82) is 5.26 Å². The van der Waals surface area contributed by atoms with Gasteiger partial charge in [0.25, 0.3) is 5.56 Å². The Morgan fingerprint density at radius 3 is 2.73 bits per heavy atom. The summed E-state index contributed by atoms with van der Waals surface area (Å²) in [4.78, 5) is 22.5. The molecular formula is C19H24N4O2S. The summed E-state index contributed by atoms with van der Waals surface area (Å²) in [5, 5.41) is 10.0. The standard InChI is InChI=1S/C19H24N4O2S/c1-12-9-22(10-13(2)25-12)11-16-21-18-17(19(24)23(16)8-7-20)14-5-3-4-6-15(14)26-18/h12-13H,3-6,8-11H2,1-2H3/t12-,13+. The van der Waals surface area contributed by atoms with Gasteiger partial charge < -0.3 is 4.74 Å². The highest BCUT2D eigenvalue weighted by atomic mass is 32.1. The third-order valence-electron chi connectivity index (χ3n) is 5.24. The molecule has 0 spiro atoms. The van der Waals surface area contributed by atoms with Crippen LogP contribution in [0.4, 0.5) is 0 Å². The molecule has 6 nitrogen and oxygen atoms in total. The number of hydrogen-bond acceptors (Lipinski definition) is 6. The Morgan fingerprint density at radius 2 is 2.00 bits per heavy atom. The Morgan fingerprint density at radius 1 is 1.27 bits per heavy atom. The Bertz CT molecular complexity index is 916. The molecule has 2 aliphatic rings. The number of ether oxygens (including phenoxy) is 1. The van der Waals surface area contributed by atoms with Gasteiger partial charge in [-0.2, -0.15) is 5.26 Å². The molecular weight excluding hydrogens is 348 g/mol. The van der Waals surface area contributed by atoms with Crippen LogP contribution in [0.15, 0.2) is 4.79 Å². The lowest BCUT2D eigenvalue weighted by Crippen LogP contribution is -2.45. The average Bonchev–Trinajstić information content (AvgIpc) is 2.95. The third-order valence-corrected chi connectivity index (χ3v) is 6.43. The lowest BCUT2D eigenvalue weighted by molar-refractivity contribution is -0.0713. The Balaban J connectivity index is 1.77. The van der Waals surface area contributed by atoms with Crippen LogP contribution in [0.3, 0.4) is 0 Å². The van der Waals surface area contributed by atoms with E-state index in [-0.39, 0.29) is 24.3 Å². The number of nitrogens with zero attached hydrogens (tertiary/aromatic N) is 4. The molecule has 1 aliphatic heterocycles. The maximum atomic E-state index is 13.2. The second kappa shape index (κ2) is 7.10. The minimum Gasteiger partial charge on any atom is -0.373 e. The van der Waals surface area contributed by atoms with Gasteiger partial charge in [-0.25, -0.2) is 4.98 Å². The van der Waals surface area contributed by atoms with Gasteiger partial charge in [0, 0.05) is 18.0 Å². The van der Waals surface area contributed by atoms with Crippen LogP contribution in [0.2, 0.25) is 0 Å². The molecule has 2 atom stereocenters. The van der Waals surface area contributed by atoms with Crippen LogP contribution in [0.5, 0.6) is 0 Å². The summed E-state index contributed by atoms with van der Waals surface area (Å²) in [7, 11) is 0. The summed E-state index contributed by atoms with van der Waals surface area (Å²) in [6.07, 6.45) is 4.63. The Labute approximate surface area is 157 Å². The van der Waals surface area contributed by atoms with Crippen molar-refractivity contribution in [3.63, 3.8) is 0 Å². The maximum absolute atomic E-state index is 13.2. The normalized spacial score (nSPS) is 23.7.